The van der Waals surface area contributed by atoms with Crippen LogP contribution in [-0.2, 0) is 14.6 Å². The third kappa shape index (κ3) is 5.44. The Bertz CT molecular complexity index is 662. The highest BCUT2D eigenvalue weighted by Crippen LogP contribution is 2.25. The first-order valence-electron chi connectivity index (χ1n) is 5.78. The molecule has 0 fully saturated rings. The molecule has 1 atom stereocenters. The lowest BCUT2D eigenvalue weighted by atomic mass is 10.2. The van der Waals surface area contributed by atoms with Crippen LogP contribution < -0.4 is 11.1 Å². The van der Waals surface area contributed by atoms with E-state index < -0.39 is 38.2 Å². The fourth-order valence-corrected chi connectivity index (χ4v) is 2.15. The standard InChI is InChI=1S/C11H14FN3O5S/c1-21(19,20)5-4-8(13)11(16)14-9-6-7(12)2-3-10(9)15(17)18/h2-3,6,8H,4-5,13H2,1H3,(H,14,16). The summed E-state index contributed by atoms with van der Waals surface area (Å²) in [6.07, 6.45) is 0.850. The van der Waals surface area contributed by atoms with Gasteiger partial charge in [-0.05, 0) is 12.5 Å². The minimum Gasteiger partial charge on any atom is -0.320 e. The number of nitrogens with one attached hydrogen (secondary N) is 1. The maximum atomic E-state index is 13.1. The quantitative estimate of drug-likeness (QED) is 0.577. The second-order valence-corrected chi connectivity index (χ2v) is 6.69. The van der Waals surface area contributed by atoms with E-state index in [1.54, 1.807) is 0 Å². The highest BCUT2D eigenvalue weighted by atomic mass is 32.2. The second kappa shape index (κ2) is 6.59. The number of nitrogens with two attached hydrogens (primary N) is 1. The molecule has 1 rings (SSSR count). The van der Waals surface area contributed by atoms with Gasteiger partial charge in [0.25, 0.3) is 5.69 Å². The van der Waals surface area contributed by atoms with Crippen molar-refractivity contribution in [1.82, 2.24) is 0 Å². The molecule has 0 saturated carbocycles. The van der Waals surface area contributed by atoms with Crippen molar-refractivity contribution >= 4 is 27.1 Å². The molecule has 0 saturated heterocycles. The molecule has 1 aromatic rings. The second-order valence-electron chi connectivity index (χ2n) is 4.43. The molecular weight excluding hydrogens is 305 g/mol. The van der Waals surface area contributed by atoms with Crippen molar-refractivity contribution in [3.63, 3.8) is 0 Å². The number of sulfone groups is 1. The van der Waals surface area contributed by atoms with E-state index in [4.69, 9.17) is 5.73 Å². The summed E-state index contributed by atoms with van der Waals surface area (Å²) in [6, 6.07) is 1.41. The number of hydrogen-bond acceptors (Lipinski definition) is 6. The highest BCUT2D eigenvalue weighted by molar-refractivity contribution is 7.90. The summed E-state index contributed by atoms with van der Waals surface area (Å²) in [5, 5.41) is 12.9. The summed E-state index contributed by atoms with van der Waals surface area (Å²) in [7, 11) is -3.28. The van der Waals surface area contributed by atoms with Gasteiger partial charge in [0.15, 0.2) is 0 Å². The van der Waals surface area contributed by atoms with Crippen LogP contribution in [0.25, 0.3) is 0 Å². The Hall–Kier alpha value is -2.07. The van der Waals surface area contributed by atoms with Crippen LogP contribution in [0.15, 0.2) is 18.2 Å². The van der Waals surface area contributed by atoms with Crippen LogP contribution in [0.2, 0.25) is 0 Å². The molecule has 0 aliphatic rings. The van der Waals surface area contributed by atoms with Crippen LogP contribution in [-0.4, -0.2) is 37.3 Å². The van der Waals surface area contributed by atoms with Crippen LogP contribution >= 0.6 is 0 Å². The van der Waals surface area contributed by atoms with Gasteiger partial charge in [-0.2, -0.15) is 0 Å². The zero-order valence-corrected chi connectivity index (χ0v) is 11.9. The van der Waals surface area contributed by atoms with E-state index in [1.165, 1.54) is 0 Å². The number of carbonyl (C=O) groups is 1. The minimum atomic E-state index is -3.28. The van der Waals surface area contributed by atoms with Gasteiger partial charge in [0.1, 0.15) is 21.3 Å². The molecule has 0 radical (unpaired) electrons. The van der Waals surface area contributed by atoms with Crippen molar-refractivity contribution in [3.05, 3.63) is 34.1 Å². The van der Waals surface area contributed by atoms with Gasteiger partial charge in [0.2, 0.25) is 5.91 Å². The fraction of sp³-hybridized carbons (Fsp3) is 0.364. The molecule has 0 spiro atoms. The molecule has 1 unspecified atom stereocenters. The number of rotatable bonds is 6. The number of carbonyl (C=O) groups excluding carboxylic acids is 1. The van der Waals surface area contributed by atoms with Crippen LogP contribution in [0.1, 0.15) is 6.42 Å². The predicted molar refractivity (Wildman–Crippen MR) is 74.0 cm³/mol. The summed E-state index contributed by atoms with van der Waals surface area (Å²) in [5.41, 5.74) is 4.68. The van der Waals surface area contributed by atoms with Gasteiger partial charge in [-0.15, -0.1) is 0 Å². The van der Waals surface area contributed by atoms with Crippen molar-refractivity contribution in [2.75, 3.05) is 17.3 Å². The summed E-state index contributed by atoms with van der Waals surface area (Å²) < 4.78 is 35.0. The van der Waals surface area contributed by atoms with E-state index in [1.807, 2.05) is 0 Å². The summed E-state index contributed by atoms with van der Waals surface area (Å²) in [5.74, 6) is -1.89. The normalized spacial score (nSPS) is 12.7. The maximum Gasteiger partial charge on any atom is 0.292 e. The lowest BCUT2D eigenvalue weighted by Gasteiger charge is -2.12. The lowest BCUT2D eigenvalue weighted by molar-refractivity contribution is -0.384. The zero-order valence-electron chi connectivity index (χ0n) is 11.1. The van der Waals surface area contributed by atoms with Crippen LogP contribution in [0, 0.1) is 15.9 Å². The van der Waals surface area contributed by atoms with E-state index in [-0.39, 0.29) is 17.9 Å². The van der Waals surface area contributed by atoms with Crippen molar-refractivity contribution in [2.45, 2.75) is 12.5 Å². The van der Waals surface area contributed by atoms with E-state index in [9.17, 15) is 27.7 Å². The molecule has 0 aliphatic heterocycles. The van der Waals surface area contributed by atoms with Gasteiger partial charge in [-0.3, -0.25) is 14.9 Å². The number of amides is 1. The topological polar surface area (TPSA) is 132 Å². The Labute approximate surface area is 120 Å². The van der Waals surface area contributed by atoms with E-state index in [0.717, 1.165) is 24.5 Å². The molecule has 1 aromatic carbocycles. The van der Waals surface area contributed by atoms with Gasteiger partial charge in [0, 0.05) is 18.4 Å². The number of nitrogens with zero attached hydrogens (tertiary/aromatic N) is 1. The third-order valence-electron chi connectivity index (χ3n) is 2.55. The Morgan fingerprint density at radius 1 is 1.52 bits per heavy atom. The number of nitro benzene ring substituents is 1. The fourth-order valence-electron chi connectivity index (χ4n) is 1.47. The van der Waals surface area contributed by atoms with Gasteiger partial charge in [-0.25, -0.2) is 12.8 Å². The molecule has 3 N–H and O–H groups in total. The smallest absolute Gasteiger partial charge is 0.292 e. The average Bonchev–Trinajstić information content (AvgIpc) is 2.34. The maximum absolute atomic E-state index is 13.1. The molecule has 0 bridgehead atoms. The van der Waals surface area contributed by atoms with Crippen LogP contribution in [0.3, 0.4) is 0 Å². The number of nitro groups is 1. The lowest BCUT2D eigenvalue weighted by Crippen LogP contribution is -2.37. The Balaban J connectivity index is 2.83. The van der Waals surface area contributed by atoms with E-state index >= 15 is 0 Å². The van der Waals surface area contributed by atoms with Crippen LogP contribution in [0.5, 0.6) is 0 Å². The van der Waals surface area contributed by atoms with Crippen molar-refractivity contribution in [3.8, 4) is 0 Å². The van der Waals surface area contributed by atoms with E-state index in [0.29, 0.717) is 0 Å². The monoisotopic (exact) mass is 319 g/mol. The first kappa shape index (κ1) is 17.0. The Morgan fingerprint density at radius 3 is 2.67 bits per heavy atom. The molecule has 8 nitrogen and oxygen atoms in total. The molecule has 0 aromatic heterocycles. The predicted octanol–water partition coefficient (Wildman–Crippen LogP) is 0.434. The van der Waals surface area contributed by atoms with Gasteiger partial charge < -0.3 is 11.1 Å². The summed E-state index contributed by atoms with van der Waals surface area (Å²) in [4.78, 5) is 21.7. The molecule has 10 heteroatoms. The van der Waals surface area contributed by atoms with Crippen LogP contribution in [0.4, 0.5) is 15.8 Å². The van der Waals surface area contributed by atoms with Crippen molar-refractivity contribution in [2.24, 2.45) is 5.73 Å². The highest BCUT2D eigenvalue weighted by Gasteiger charge is 2.21. The SMILES string of the molecule is CS(=O)(=O)CCC(N)C(=O)Nc1cc(F)ccc1[N+](=O)[O-]. The molecule has 116 valence electrons. The summed E-state index contributed by atoms with van der Waals surface area (Å²) >= 11 is 0. The van der Waals surface area contributed by atoms with Crippen molar-refractivity contribution < 1.29 is 22.5 Å². The zero-order chi connectivity index (χ0) is 16.2. The van der Waals surface area contributed by atoms with Gasteiger partial charge in [-0.1, -0.05) is 0 Å². The molecule has 0 aliphatic carbocycles. The Kier molecular flexibility index (Phi) is 5.33. The number of benzene rings is 1. The number of halogens is 1. The average molecular weight is 319 g/mol. The first-order chi connectivity index (χ1) is 9.60. The number of anilines is 1. The van der Waals surface area contributed by atoms with Crippen molar-refractivity contribution in [1.29, 1.82) is 0 Å². The van der Waals surface area contributed by atoms with E-state index in [2.05, 4.69) is 5.32 Å². The number of hydrogen-bond donors (Lipinski definition) is 2. The summed E-state index contributed by atoms with van der Waals surface area (Å²) in [6.45, 7) is 0. The minimum absolute atomic E-state index is 0.145. The molecule has 0 heterocycles. The Morgan fingerprint density at radius 2 is 2.14 bits per heavy atom. The van der Waals surface area contributed by atoms with Gasteiger partial charge in [0.05, 0.1) is 16.7 Å². The van der Waals surface area contributed by atoms with Gasteiger partial charge >= 0.3 is 0 Å². The molecular formula is C11H14FN3O5S. The first-order valence-corrected chi connectivity index (χ1v) is 7.84. The third-order valence-corrected chi connectivity index (χ3v) is 3.53. The molecule has 1 amide bonds. The molecule has 21 heavy (non-hydrogen) atoms. The largest absolute Gasteiger partial charge is 0.320 e.